The molecule has 8 nitrogen and oxygen atoms in total. The predicted molar refractivity (Wildman–Crippen MR) is 72.3 cm³/mol. The number of aromatic nitrogens is 7. The molecule has 104 valence electrons. The lowest BCUT2D eigenvalue weighted by atomic mass is 10.4. The Morgan fingerprint density at radius 3 is 2.85 bits per heavy atom. The van der Waals surface area contributed by atoms with Crippen molar-refractivity contribution in [1.82, 2.24) is 34.3 Å². The zero-order chi connectivity index (χ0) is 14.3. The van der Waals surface area contributed by atoms with Crippen molar-refractivity contribution in [2.24, 2.45) is 7.05 Å². The van der Waals surface area contributed by atoms with Gasteiger partial charge in [-0.1, -0.05) is 5.21 Å². The number of fused-ring (bicyclic) bond motifs is 1. The van der Waals surface area contributed by atoms with E-state index in [1.54, 1.807) is 7.05 Å². The number of hydrogen-bond acceptors (Lipinski definition) is 5. The van der Waals surface area contributed by atoms with Gasteiger partial charge in [0.25, 0.3) is 5.56 Å². The van der Waals surface area contributed by atoms with Crippen LogP contribution in [0, 0.1) is 0 Å². The molecule has 0 amide bonds. The van der Waals surface area contributed by atoms with Gasteiger partial charge in [-0.2, -0.15) is 5.10 Å². The molecule has 3 heterocycles. The van der Waals surface area contributed by atoms with E-state index < -0.39 is 0 Å². The van der Waals surface area contributed by atoms with Crippen molar-refractivity contribution in [3.63, 3.8) is 0 Å². The summed E-state index contributed by atoms with van der Waals surface area (Å²) in [6.45, 7) is 4.48. The minimum atomic E-state index is -0.206. The first-order valence-electron chi connectivity index (χ1n) is 6.35. The molecular weight excluding hydrogens is 258 g/mol. The SMILES string of the molecule is CC(C)n1ccc(Cn2cnc3c(nnn3C)c2=O)n1. The average Bonchev–Trinajstić information content (AvgIpc) is 3.01. The van der Waals surface area contributed by atoms with Gasteiger partial charge in [0.15, 0.2) is 11.2 Å². The summed E-state index contributed by atoms with van der Waals surface area (Å²) in [7, 11) is 1.70. The molecule has 0 aliphatic carbocycles. The van der Waals surface area contributed by atoms with Crippen LogP contribution in [-0.4, -0.2) is 34.3 Å². The van der Waals surface area contributed by atoms with Crippen LogP contribution >= 0.6 is 0 Å². The van der Waals surface area contributed by atoms with Gasteiger partial charge in [-0.05, 0) is 19.9 Å². The van der Waals surface area contributed by atoms with E-state index in [4.69, 9.17) is 0 Å². The molecule has 8 heteroatoms. The highest BCUT2D eigenvalue weighted by Crippen LogP contribution is 2.06. The van der Waals surface area contributed by atoms with Gasteiger partial charge in [-0.25, -0.2) is 9.67 Å². The lowest BCUT2D eigenvalue weighted by molar-refractivity contribution is 0.523. The Labute approximate surface area is 114 Å². The molecule has 0 aliphatic rings. The van der Waals surface area contributed by atoms with E-state index in [-0.39, 0.29) is 11.1 Å². The largest absolute Gasteiger partial charge is 0.291 e. The Kier molecular flexibility index (Phi) is 2.85. The Balaban J connectivity index is 1.98. The standard InChI is InChI=1S/C12H15N7O/c1-8(2)19-5-4-9(15-19)6-18-7-13-11-10(12(18)20)14-16-17(11)3/h4-5,7-8H,6H2,1-3H3. The molecule has 0 fully saturated rings. The fourth-order valence-electron chi connectivity index (χ4n) is 1.98. The summed E-state index contributed by atoms with van der Waals surface area (Å²) in [5.74, 6) is 0. The molecule has 0 atom stereocenters. The van der Waals surface area contributed by atoms with Crippen LogP contribution < -0.4 is 5.56 Å². The summed E-state index contributed by atoms with van der Waals surface area (Å²) >= 11 is 0. The first-order valence-corrected chi connectivity index (χ1v) is 6.35. The van der Waals surface area contributed by atoms with Gasteiger partial charge >= 0.3 is 0 Å². The summed E-state index contributed by atoms with van der Waals surface area (Å²) in [4.78, 5) is 16.5. The van der Waals surface area contributed by atoms with Crippen LogP contribution in [-0.2, 0) is 13.6 Å². The Morgan fingerprint density at radius 1 is 1.35 bits per heavy atom. The highest BCUT2D eigenvalue weighted by Gasteiger charge is 2.11. The second-order valence-electron chi connectivity index (χ2n) is 4.94. The van der Waals surface area contributed by atoms with Crippen LogP contribution in [0.3, 0.4) is 0 Å². The number of nitrogens with zero attached hydrogens (tertiary/aromatic N) is 7. The van der Waals surface area contributed by atoms with Crippen LogP contribution in [0.4, 0.5) is 0 Å². The maximum Gasteiger partial charge on any atom is 0.283 e. The normalized spacial score (nSPS) is 11.6. The highest BCUT2D eigenvalue weighted by atomic mass is 16.1. The van der Waals surface area contributed by atoms with Crippen molar-refractivity contribution >= 4 is 11.2 Å². The third-order valence-corrected chi connectivity index (χ3v) is 3.11. The molecule has 0 radical (unpaired) electrons. The van der Waals surface area contributed by atoms with Crippen molar-refractivity contribution < 1.29 is 0 Å². The Morgan fingerprint density at radius 2 is 2.15 bits per heavy atom. The van der Waals surface area contributed by atoms with Gasteiger partial charge in [0.1, 0.15) is 6.33 Å². The molecule has 20 heavy (non-hydrogen) atoms. The minimum absolute atomic E-state index is 0.206. The number of aryl methyl sites for hydroxylation is 1. The smallest absolute Gasteiger partial charge is 0.283 e. The maximum atomic E-state index is 12.3. The first-order chi connectivity index (χ1) is 9.56. The third-order valence-electron chi connectivity index (χ3n) is 3.11. The summed E-state index contributed by atoms with van der Waals surface area (Å²) < 4.78 is 4.83. The first kappa shape index (κ1) is 12.5. The van der Waals surface area contributed by atoms with Crippen molar-refractivity contribution in [3.05, 3.63) is 34.6 Å². The quantitative estimate of drug-likeness (QED) is 0.687. The second-order valence-corrected chi connectivity index (χ2v) is 4.94. The van der Waals surface area contributed by atoms with E-state index in [2.05, 4.69) is 34.2 Å². The maximum absolute atomic E-state index is 12.3. The van der Waals surface area contributed by atoms with Crippen LogP contribution in [0.15, 0.2) is 23.4 Å². The van der Waals surface area contributed by atoms with Crippen molar-refractivity contribution in [3.8, 4) is 0 Å². The summed E-state index contributed by atoms with van der Waals surface area (Å²) in [5.41, 5.74) is 1.37. The van der Waals surface area contributed by atoms with E-state index in [1.165, 1.54) is 15.6 Å². The second kappa shape index (κ2) is 4.55. The van der Waals surface area contributed by atoms with Gasteiger partial charge in [-0.15, -0.1) is 5.10 Å². The highest BCUT2D eigenvalue weighted by molar-refractivity contribution is 5.67. The fourth-order valence-corrected chi connectivity index (χ4v) is 1.98. The summed E-state index contributed by atoms with van der Waals surface area (Å²) in [6, 6.07) is 2.19. The van der Waals surface area contributed by atoms with Crippen molar-refractivity contribution in [1.29, 1.82) is 0 Å². The van der Waals surface area contributed by atoms with Gasteiger partial charge in [0.2, 0.25) is 0 Å². The lowest BCUT2D eigenvalue weighted by Gasteiger charge is -2.05. The molecule has 0 bridgehead atoms. The fraction of sp³-hybridized carbons (Fsp3) is 0.417. The van der Waals surface area contributed by atoms with E-state index >= 15 is 0 Å². The van der Waals surface area contributed by atoms with Gasteiger partial charge < -0.3 is 0 Å². The van der Waals surface area contributed by atoms with E-state index in [9.17, 15) is 4.79 Å². The monoisotopic (exact) mass is 273 g/mol. The van der Waals surface area contributed by atoms with E-state index in [0.29, 0.717) is 18.2 Å². The number of hydrogen-bond donors (Lipinski definition) is 0. The van der Waals surface area contributed by atoms with Gasteiger partial charge in [0.05, 0.1) is 12.2 Å². The molecule has 3 aromatic heterocycles. The van der Waals surface area contributed by atoms with Crippen LogP contribution in [0.1, 0.15) is 25.6 Å². The van der Waals surface area contributed by atoms with Crippen LogP contribution in [0.25, 0.3) is 11.2 Å². The Hall–Kier alpha value is -2.51. The molecular formula is C12H15N7O. The molecule has 0 saturated heterocycles. The van der Waals surface area contributed by atoms with E-state index in [1.807, 2.05) is 16.9 Å². The molecule has 0 aliphatic heterocycles. The molecule has 0 unspecified atom stereocenters. The van der Waals surface area contributed by atoms with Crippen LogP contribution in [0.5, 0.6) is 0 Å². The van der Waals surface area contributed by atoms with Crippen LogP contribution in [0.2, 0.25) is 0 Å². The lowest BCUT2D eigenvalue weighted by Crippen LogP contribution is -2.22. The average molecular weight is 273 g/mol. The number of rotatable bonds is 3. The van der Waals surface area contributed by atoms with Crippen molar-refractivity contribution in [2.75, 3.05) is 0 Å². The summed E-state index contributed by atoms with van der Waals surface area (Å²) in [6.07, 6.45) is 3.40. The topological polar surface area (TPSA) is 83.4 Å². The van der Waals surface area contributed by atoms with Crippen molar-refractivity contribution in [2.45, 2.75) is 26.4 Å². The summed E-state index contributed by atoms with van der Waals surface area (Å²) in [5, 5.41) is 12.1. The molecule has 0 aromatic carbocycles. The van der Waals surface area contributed by atoms with Gasteiger partial charge in [-0.3, -0.25) is 14.0 Å². The van der Waals surface area contributed by atoms with E-state index in [0.717, 1.165) is 5.69 Å². The zero-order valence-electron chi connectivity index (χ0n) is 11.6. The zero-order valence-corrected chi connectivity index (χ0v) is 11.6. The molecule has 0 spiro atoms. The molecule has 3 aromatic rings. The molecule has 3 rings (SSSR count). The minimum Gasteiger partial charge on any atom is -0.291 e. The predicted octanol–water partition coefficient (Wildman–Crippen LogP) is 0.351. The Bertz CT molecular complexity index is 811. The molecule has 0 N–H and O–H groups in total. The van der Waals surface area contributed by atoms with Gasteiger partial charge in [0, 0.05) is 19.3 Å². The third kappa shape index (κ3) is 1.98. The molecule has 0 saturated carbocycles.